The molecule has 0 spiro atoms. The maximum absolute atomic E-state index is 12.7. The van der Waals surface area contributed by atoms with Crippen LogP contribution in [0.15, 0.2) is 57.3 Å². The van der Waals surface area contributed by atoms with E-state index >= 15 is 0 Å². The van der Waals surface area contributed by atoms with Crippen molar-refractivity contribution in [2.45, 2.75) is 16.3 Å². The highest BCUT2D eigenvalue weighted by molar-refractivity contribution is 7.99. The summed E-state index contributed by atoms with van der Waals surface area (Å²) in [6, 6.07) is 5.57. The average molecular weight is 368 g/mol. The Labute approximate surface area is 142 Å². The van der Waals surface area contributed by atoms with E-state index in [9.17, 15) is 23.3 Å². The molecule has 2 aromatic heterocycles. The van der Waals surface area contributed by atoms with Gasteiger partial charge >= 0.3 is 6.18 Å². The number of benzene rings is 1. The van der Waals surface area contributed by atoms with Crippen LogP contribution in [0.5, 0.6) is 0 Å². The lowest BCUT2D eigenvalue weighted by Gasteiger charge is -2.07. The van der Waals surface area contributed by atoms with Crippen molar-refractivity contribution >= 4 is 17.4 Å². The molecule has 0 saturated carbocycles. The second-order valence-electron chi connectivity index (χ2n) is 4.65. The number of hydrogen-bond donors (Lipinski definition) is 0. The minimum Gasteiger partial charge on any atom is -0.411 e. The van der Waals surface area contributed by atoms with Gasteiger partial charge in [0.2, 0.25) is 5.89 Å². The van der Waals surface area contributed by atoms with Crippen molar-refractivity contribution in [3.05, 3.63) is 58.4 Å². The smallest absolute Gasteiger partial charge is 0.411 e. The van der Waals surface area contributed by atoms with Crippen molar-refractivity contribution in [1.29, 1.82) is 0 Å². The molecule has 7 nitrogen and oxygen atoms in total. The van der Waals surface area contributed by atoms with E-state index < -0.39 is 22.4 Å². The van der Waals surface area contributed by atoms with Crippen LogP contribution in [0.2, 0.25) is 0 Å². The van der Waals surface area contributed by atoms with E-state index in [4.69, 9.17) is 4.42 Å². The maximum Gasteiger partial charge on any atom is 0.416 e. The van der Waals surface area contributed by atoms with Gasteiger partial charge in [-0.1, -0.05) is 0 Å². The van der Waals surface area contributed by atoms with Gasteiger partial charge in [0.05, 0.1) is 20.9 Å². The Bertz CT molecular complexity index is 915. The molecule has 0 atom stereocenters. The van der Waals surface area contributed by atoms with Crippen LogP contribution in [0, 0.1) is 10.1 Å². The van der Waals surface area contributed by atoms with Gasteiger partial charge in [-0.2, -0.15) is 13.2 Å². The molecule has 0 unspecified atom stereocenters. The fourth-order valence-corrected chi connectivity index (χ4v) is 2.64. The normalized spacial score (nSPS) is 11.5. The summed E-state index contributed by atoms with van der Waals surface area (Å²) in [6.07, 6.45) is -1.63. The second-order valence-corrected chi connectivity index (χ2v) is 5.65. The minimum atomic E-state index is -4.67. The molecule has 2 heterocycles. The van der Waals surface area contributed by atoms with Crippen LogP contribution in [0.25, 0.3) is 11.5 Å². The maximum atomic E-state index is 12.7. The first-order valence-corrected chi connectivity index (χ1v) is 7.43. The molecule has 3 aromatic rings. The molecule has 0 bridgehead atoms. The molecule has 0 aliphatic rings. The van der Waals surface area contributed by atoms with Crippen LogP contribution in [0.4, 0.5) is 18.9 Å². The first-order chi connectivity index (χ1) is 11.8. The van der Waals surface area contributed by atoms with Crippen molar-refractivity contribution in [1.82, 2.24) is 15.2 Å². The van der Waals surface area contributed by atoms with Crippen LogP contribution >= 0.6 is 11.8 Å². The Morgan fingerprint density at radius 3 is 2.64 bits per heavy atom. The van der Waals surface area contributed by atoms with Crippen LogP contribution in [0.1, 0.15) is 5.56 Å². The van der Waals surface area contributed by atoms with Gasteiger partial charge in [0.15, 0.2) is 0 Å². The molecule has 3 rings (SSSR count). The van der Waals surface area contributed by atoms with E-state index in [1.54, 1.807) is 18.3 Å². The first kappa shape index (κ1) is 16.9. The molecule has 25 heavy (non-hydrogen) atoms. The van der Waals surface area contributed by atoms with E-state index in [0.717, 1.165) is 12.1 Å². The van der Waals surface area contributed by atoms with Gasteiger partial charge in [-0.15, -0.1) is 10.2 Å². The molecule has 0 saturated heterocycles. The lowest BCUT2D eigenvalue weighted by Crippen LogP contribution is -2.05. The zero-order chi connectivity index (χ0) is 18.0. The standard InChI is InChI=1S/C14H7F3N4O3S/c15-14(16,17)9-3-4-11(10(6-9)21(22)23)25-13-20-19-12(24-13)8-2-1-5-18-7-8/h1-7H. The molecule has 0 aliphatic heterocycles. The summed E-state index contributed by atoms with van der Waals surface area (Å²) in [6.45, 7) is 0. The Morgan fingerprint density at radius 1 is 1.20 bits per heavy atom. The van der Waals surface area contributed by atoms with E-state index in [0.29, 0.717) is 23.4 Å². The monoisotopic (exact) mass is 368 g/mol. The summed E-state index contributed by atoms with van der Waals surface area (Å²) in [5.41, 5.74) is -1.25. The molecule has 0 radical (unpaired) electrons. The molecule has 0 fully saturated rings. The summed E-state index contributed by atoms with van der Waals surface area (Å²) >= 11 is 0.708. The summed E-state index contributed by atoms with van der Waals surface area (Å²) in [5.74, 6) is 0.144. The van der Waals surface area contributed by atoms with Crippen LogP contribution in [0.3, 0.4) is 0 Å². The van der Waals surface area contributed by atoms with E-state index in [1.165, 1.54) is 6.20 Å². The van der Waals surface area contributed by atoms with Crippen molar-refractivity contribution in [2.24, 2.45) is 0 Å². The van der Waals surface area contributed by atoms with Crippen molar-refractivity contribution in [3.63, 3.8) is 0 Å². The van der Waals surface area contributed by atoms with Gasteiger partial charge in [-0.25, -0.2) is 0 Å². The number of nitro groups is 1. The molecular formula is C14H7F3N4O3S. The average Bonchev–Trinajstić information content (AvgIpc) is 3.03. The Hall–Kier alpha value is -2.95. The Balaban J connectivity index is 1.91. The lowest BCUT2D eigenvalue weighted by atomic mass is 10.2. The largest absolute Gasteiger partial charge is 0.416 e. The third kappa shape index (κ3) is 3.76. The first-order valence-electron chi connectivity index (χ1n) is 6.62. The van der Waals surface area contributed by atoms with Crippen molar-refractivity contribution < 1.29 is 22.5 Å². The zero-order valence-electron chi connectivity index (χ0n) is 12.1. The highest BCUT2D eigenvalue weighted by atomic mass is 32.2. The van der Waals surface area contributed by atoms with Crippen molar-refractivity contribution in [2.75, 3.05) is 0 Å². The van der Waals surface area contributed by atoms with E-state index in [2.05, 4.69) is 15.2 Å². The highest BCUT2D eigenvalue weighted by Gasteiger charge is 2.33. The fourth-order valence-electron chi connectivity index (χ4n) is 1.87. The Kier molecular flexibility index (Phi) is 4.40. The van der Waals surface area contributed by atoms with Gasteiger partial charge in [0.25, 0.3) is 10.9 Å². The highest BCUT2D eigenvalue weighted by Crippen LogP contribution is 2.39. The summed E-state index contributed by atoms with van der Waals surface area (Å²) in [5, 5.41) is 18.5. The van der Waals surface area contributed by atoms with E-state index in [1.807, 2.05) is 0 Å². The number of nitro benzene ring substituents is 1. The molecule has 0 amide bonds. The predicted octanol–water partition coefficient (Wildman–Crippen LogP) is 4.21. The summed E-state index contributed by atoms with van der Waals surface area (Å²) in [4.78, 5) is 14.0. The molecular weight excluding hydrogens is 361 g/mol. The number of rotatable bonds is 4. The number of nitrogens with zero attached hydrogens (tertiary/aromatic N) is 4. The molecule has 0 N–H and O–H groups in total. The molecule has 0 aliphatic carbocycles. The number of pyridine rings is 1. The number of hydrogen-bond acceptors (Lipinski definition) is 7. The summed E-state index contributed by atoms with van der Waals surface area (Å²) in [7, 11) is 0. The van der Waals surface area contributed by atoms with E-state index in [-0.39, 0.29) is 16.0 Å². The molecule has 11 heteroatoms. The minimum absolute atomic E-state index is 0.0401. The molecule has 1 aromatic carbocycles. The zero-order valence-corrected chi connectivity index (χ0v) is 12.9. The fraction of sp³-hybridized carbons (Fsp3) is 0.0714. The number of halogens is 3. The van der Waals surface area contributed by atoms with Crippen molar-refractivity contribution in [3.8, 4) is 11.5 Å². The Morgan fingerprint density at radius 2 is 2.00 bits per heavy atom. The predicted molar refractivity (Wildman–Crippen MR) is 79.8 cm³/mol. The third-order valence-electron chi connectivity index (χ3n) is 3.00. The third-order valence-corrected chi connectivity index (χ3v) is 3.90. The molecule has 128 valence electrons. The van der Waals surface area contributed by atoms with Crippen LogP contribution in [-0.2, 0) is 6.18 Å². The van der Waals surface area contributed by atoms with Gasteiger partial charge in [-0.05, 0) is 36.0 Å². The van der Waals surface area contributed by atoms with Gasteiger partial charge in [0, 0.05) is 18.5 Å². The lowest BCUT2D eigenvalue weighted by molar-refractivity contribution is -0.388. The van der Waals surface area contributed by atoms with Crippen LogP contribution < -0.4 is 0 Å². The SMILES string of the molecule is O=[N+]([O-])c1cc(C(F)(F)F)ccc1Sc1nnc(-c2cccnc2)o1. The summed E-state index contributed by atoms with van der Waals surface area (Å²) < 4.78 is 43.5. The number of aromatic nitrogens is 3. The quantitative estimate of drug-likeness (QED) is 0.503. The van der Waals surface area contributed by atoms with Gasteiger partial charge in [-0.3, -0.25) is 15.1 Å². The van der Waals surface area contributed by atoms with Gasteiger partial charge < -0.3 is 4.42 Å². The number of alkyl halides is 3. The second kappa shape index (κ2) is 6.51. The van der Waals surface area contributed by atoms with Gasteiger partial charge in [0.1, 0.15) is 0 Å². The van der Waals surface area contributed by atoms with Crippen LogP contribution in [-0.4, -0.2) is 20.1 Å². The topological polar surface area (TPSA) is 95.0 Å².